The topological polar surface area (TPSA) is 6.48 Å². The van der Waals surface area contributed by atoms with Gasteiger partial charge in [-0.05, 0) is 176 Å². The Kier molecular flexibility index (Phi) is 7.77. The third kappa shape index (κ3) is 5.05. The lowest BCUT2D eigenvalue weighted by Gasteiger charge is -2.47. The Labute approximate surface area is 339 Å². The highest BCUT2D eigenvalue weighted by molar-refractivity contribution is 7.33. The molecule has 6 atom stereocenters. The minimum absolute atomic E-state index is 0.267. The second kappa shape index (κ2) is 13.0. The van der Waals surface area contributed by atoms with E-state index < -0.39 is 0 Å². The summed E-state index contributed by atoms with van der Waals surface area (Å²) < 4.78 is 3.03. The van der Waals surface area contributed by atoms with E-state index in [2.05, 4.69) is 100.0 Å². The molecule has 2 aliphatic heterocycles. The number of benzene rings is 4. The molecule has 0 N–H and O–H groups in total. The standard InChI is InChI=1S/C52H57BN2S/c1-3-9-34(10-4-1)36-19-22-41(23-20-36)54-47-30-40(42-27-32-15-17-38(42)25-32)31-48-50(47)53(44-13-7-8-14-45(44)55(48)46-28-33-16-18-39(46)26-33)52-51(54)43-29-37(21-24-49(43)56-52)35-11-5-2-6-12-35/h7-8,13-14,19-24,29-35,38-39,42,46H,1-6,9-12,15-18,25-28H2. The van der Waals surface area contributed by atoms with Crippen molar-refractivity contribution in [2.24, 2.45) is 23.7 Å². The summed E-state index contributed by atoms with van der Waals surface area (Å²) in [5.74, 6) is 5.63. The van der Waals surface area contributed by atoms with E-state index in [1.807, 2.05) is 0 Å². The Morgan fingerprint density at radius 2 is 1.25 bits per heavy atom. The largest absolute Gasteiger partial charge is 0.339 e. The Bertz CT molecular complexity index is 2330. The molecule has 0 saturated heterocycles. The van der Waals surface area contributed by atoms with Gasteiger partial charge in [0, 0.05) is 43.7 Å². The van der Waals surface area contributed by atoms with Crippen molar-refractivity contribution in [1.82, 2.24) is 0 Å². The molecule has 3 heterocycles. The molecule has 8 aliphatic rings. The summed E-state index contributed by atoms with van der Waals surface area (Å²) in [5, 5.41) is 1.50. The average molecular weight is 753 g/mol. The van der Waals surface area contributed by atoms with Gasteiger partial charge in [-0.15, -0.1) is 11.3 Å². The summed E-state index contributed by atoms with van der Waals surface area (Å²) in [6.45, 7) is 0.267. The van der Waals surface area contributed by atoms with Crippen molar-refractivity contribution >= 4 is 72.3 Å². The lowest BCUT2D eigenvalue weighted by atomic mass is 9.36. The molecule has 13 rings (SSSR count). The normalized spacial score (nSPS) is 29.3. The highest BCUT2D eigenvalue weighted by Crippen LogP contribution is 2.57. The third-order valence-electron chi connectivity index (χ3n) is 17.2. The van der Waals surface area contributed by atoms with Crippen LogP contribution in [0.5, 0.6) is 0 Å². The maximum Gasteiger partial charge on any atom is 0.264 e. The average Bonchev–Trinajstić information content (AvgIpc) is 4.12. The molecule has 0 amide bonds. The summed E-state index contributed by atoms with van der Waals surface area (Å²) in [7, 11) is 0. The van der Waals surface area contributed by atoms with Gasteiger partial charge in [-0.2, -0.15) is 0 Å². The predicted octanol–water partition coefficient (Wildman–Crippen LogP) is 12.8. The summed E-state index contributed by atoms with van der Waals surface area (Å²) in [6, 6.07) is 33.7. The Morgan fingerprint density at radius 3 is 1.96 bits per heavy atom. The molecule has 6 unspecified atom stereocenters. The molecule has 6 fully saturated rings. The number of hydrogen-bond acceptors (Lipinski definition) is 3. The van der Waals surface area contributed by atoms with Crippen molar-refractivity contribution in [2.75, 3.05) is 9.80 Å². The molecule has 0 spiro atoms. The van der Waals surface area contributed by atoms with E-state index in [0.717, 1.165) is 29.6 Å². The van der Waals surface area contributed by atoms with Gasteiger partial charge in [-0.1, -0.05) is 87.8 Å². The Balaban J connectivity index is 1.06. The minimum atomic E-state index is 0.267. The molecule has 6 saturated carbocycles. The van der Waals surface area contributed by atoms with E-state index in [4.69, 9.17) is 0 Å². The van der Waals surface area contributed by atoms with E-state index in [-0.39, 0.29) is 6.71 Å². The van der Waals surface area contributed by atoms with Crippen molar-refractivity contribution in [2.45, 2.75) is 139 Å². The first-order valence-corrected chi connectivity index (χ1v) is 24.1. The highest BCUT2D eigenvalue weighted by Gasteiger charge is 2.51. The van der Waals surface area contributed by atoms with Crippen LogP contribution >= 0.6 is 11.3 Å². The van der Waals surface area contributed by atoms with Crippen LogP contribution in [0.25, 0.3) is 10.1 Å². The molecular weight excluding hydrogens is 695 g/mol. The SMILES string of the molecule is c1ccc2c(c1)B1c3sc4ccc(C5CCCCC5)cc4c3N(c3ccc(C4CCCCC4)cc3)c3cc(C4CC5CCC4C5)cc(c31)N2C1CC2CCC1C2. The monoisotopic (exact) mass is 752 g/mol. The molecular formula is C52H57BN2S. The van der Waals surface area contributed by atoms with Crippen LogP contribution in [-0.4, -0.2) is 12.8 Å². The number of anilines is 5. The molecule has 56 heavy (non-hydrogen) atoms. The molecule has 4 aromatic carbocycles. The molecule has 284 valence electrons. The van der Waals surface area contributed by atoms with E-state index in [0.29, 0.717) is 17.9 Å². The van der Waals surface area contributed by atoms with Gasteiger partial charge in [0.05, 0.1) is 5.69 Å². The number of thiophene rings is 1. The maximum absolute atomic E-state index is 2.95. The molecule has 2 nitrogen and oxygen atoms in total. The van der Waals surface area contributed by atoms with Crippen molar-refractivity contribution in [3.63, 3.8) is 0 Å². The third-order valence-corrected chi connectivity index (χ3v) is 18.4. The molecule has 1 aromatic heterocycles. The van der Waals surface area contributed by atoms with Crippen molar-refractivity contribution < 1.29 is 0 Å². The molecule has 4 heteroatoms. The van der Waals surface area contributed by atoms with Crippen LogP contribution in [0.1, 0.15) is 150 Å². The fourth-order valence-electron chi connectivity index (χ4n) is 14.5. The first-order valence-electron chi connectivity index (χ1n) is 23.3. The summed E-state index contributed by atoms with van der Waals surface area (Å²) in [6.07, 6.45) is 25.1. The van der Waals surface area contributed by atoms with Crippen LogP contribution in [0.2, 0.25) is 0 Å². The number of fused-ring (bicyclic) bond motifs is 10. The maximum atomic E-state index is 2.95. The van der Waals surface area contributed by atoms with Gasteiger partial charge in [-0.25, -0.2) is 0 Å². The summed E-state index contributed by atoms with van der Waals surface area (Å²) in [5.41, 5.74) is 15.4. The van der Waals surface area contributed by atoms with E-state index in [1.54, 1.807) is 38.1 Å². The van der Waals surface area contributed by atoms with Gasteiger partial charge in [0.25, 0.3) is 6.71 Å². The van der Waals surface area contributed by atoms with Crippen LogP contribution in [-0.2, 0) is 0 Å². The van der Waals surface area contributed by atoms with Gasteiger partial charge < -0.3 is 9.80 Å². The first-order chi connectivity index (χ1) is 27.7. The smallest absolute Gasteiger partial charge is 0.264 e. The van der Waals surface area contributed by atoms with Crippen LogP contribution < -0.4 is 25.5 Å². The zero-order chi connectivity index (χ0) is 36.5. The second-order valence-electron chi connectivity index (χ2n) is 20.0. The van der Waals surface area contributed by atoms with Gasteiger partial charge in [0.2, 0.25) is 0 Å². The molecule has 5 aromatic rings. The first kappa shape index (κ1) is 33.5. The highest BCUT2D eigenvalue weighted by atomic mass is 32.1. The zero-order valence-electron chi connectivity index (χ0n) is 33.2. The second-order valence-corrected chi connectivity index (χ2v) is 21.1. The van der Waals surface area contributed by atoms with Crippen LogP contribution in [0, 0.1) is 23.7 Å². The fraction of sp³-hybridized carbons (Fsp3) is 0.500. The minimum Gasteiger partial charge on any atom is -0.339 e. The Hall–Kier alpha value is -3.50. The van der Waals surface area contributed by atoms with Crippen molar-refractivity contribution in [3.8, 4) is 0 Å². The number of para-hydroxylation sites is 1. The van der Waals surface area contributed by atoms with Crippen molar-refractivity contribution in [3.05, 3.63) is 95.6 Å². The van der Waals surface area contributed by atoms with E-state index >= 15 is 0 Å². The van der Waals surface area contributed by atoms with Crippen molar-refractivity contribution in [1.29, 1.82) is 0 Å². The quantitative estimate of drug-likeness (QED) is 0.162. The fourth-order valence-corrected chi connectivity index (χ4v) is 15.8. The van der Waals surface area contributed by atoms with Gasteiger partial charge in [0.15, 0.2) is 0 Å². The lowest BCUT2D eigenvalue weighted by molar-refractivity contribution is 0.412. The van der Waals surface area contributed by atoms with Gasteiger partial charge >= 0.3 is 0 Å². The predicted molar refractivity (Wildman–Crippen MR) is 239 cm³/mol. The summed E-state index contributed by atoms with van der Waals surface area (Å²) in [4.78, 5) is 5.78. The van der Waals surface area contributed by atoms with Crippen LogP contribution in [0.3, 0.4) is 0 Å². The number of hydrogen-bond donors (Lipinski definition) is 0. The number of rotatable bonds is 5. The van der Waals surface area contributed by atoms with E-state index in [1.165, 1.54) is 148 Å². The van der Waals surface area contributed by atoms with Gasteiger partial charge in [0.1, 0.15) is 0 Å². The van der Waals surface area contributed by atoms with Gasteiger partial charge in [-0.3, -0.25) is 0 Å². The number of nitrogens with zero attached hydrogens (tertiary/aromatic N) is 2. The zero-order valence-corrected chi connectivity index (χ0v) is 34.0. The van der Waals surface area contributed by atoms with Crippen LogP contribution in [0.15, 0.2) is 78.9 Å². The Morgan fingerprint density at radius 1 is 0.554 bits per heavy atom. The molecule has 6 aliphatic carbocycles. The summed E-state index contributed by atoms with van der Waals surface area (Å²) >= 11 is 2.11. The van der Waals surface area contributed by atoms with E-state index in [9.17, 15) is 0 Å². The van der Waals surface area contributed by atoms with Crippen LogP contribution in [0.4, 0.5) is 28.4 Å². The lowest BCUT2D eigenvalue weighted by Crippen LogP contribution is -2.62. The molecule has 0 radical (unpaired) electrons. The molecule has 4 bridgehead atoms.